The first-order valence-corrected chi connectivity index (χ1v) is 5.36. The average molecular weight is 267 g/mol. The number of hydrogen-bond acceptors (Lipinski definition) is 2. The molecule has 1 aromatic carbocycles. The molecule has 0 amide bonds. The first-order chi connectivity index (χ1) is 7.20. The fourth-order valence-corrected chi connectivity index (χ4v) is 1.74. The van der Waals surface area contributed by atoms with Gasteiger partial charge in [-0.1, -0.05) is 15.9 Å². The molecule has 78 valence electrons. The number of halogens is 1. The van der Waals surface area contributed by atoms with Gasteiger partial charge in [0.15, 0.2) is 0 Å². The van der Waals surface area contributed by atoms with Crippen LogP contribution in [0.5, 0.6) is 5.75 Å². The summed E-state index contributed by atoms with van der Waals surface area (Å²) < 4.78 is 8.09. The standard InChI is InChI=1S/C11H11BrN2O/c1-8-5-6-14(13-8)10-7-9(12)3-4-11(10)15-2/h3-7H,1-2H3. The van der Waals surface area contributed by atoms with Crippen molar-refractivity contribution in [2.75, 3.05) is 7.11 Å². The average Bonchev–Trinajstić information content (AvgIpc) is 2.65. The SMILES string of the molecule is COc1ccc(Br)cc1-n1ccc(C)n1. The maximum absolute atomic E-state index is 5.28. The molecule has 0 saturated carbocycles. The molecule has 0 N–H and O–H groups in total. The topological polar surface area (TPSA) is 27.1 Å². The highest BCUT2D eigenvalue weighted by Crippen LogP contribution is 2.25. The van der Waals surface area contributed by atoms with E-state index in [4.69, 9.17) is 4.74 Å². The number of aromatic nitrogens is 2. The van der Waals surface area contributed by atoms with Crippen LogP contribution in [0.25, 0.3) is 5.69 Å². The van der Waals surface area contributed by atoms with Crippen molar-refractivity contribution in [2.24, 2.45) is 0 Å². The largest absolute Gasteiger partial charge is 0.494 e. The number of benzene rings is 1. The highest BCUT2D eigenvalue weighted by atomic mass is 79.9. The molecule has 2 rings (SSSR count). The Hall–Kier alpha value is -1.29. The maximum Gasteiger partial charge on any atom is 0.144 e. The third-order valence-electron chi connectivity index (χ3n) is 2.11. The van der Waals surface area contributed by atoms with E-state index in [1.165, 1.54) is 0 Å². The molecule has 3 nitrogen and oxygen atoms in total. The van der Waals surface area contributed by atoms with Gasteiger partial charge in [0.1, 0.15) is 11.4 Å². The van der Waals surface area contributed by atoms with E-state index in [1.807, 2.05) is 37.4 Å². The van der Waals surface area contributed by atoms with Crippen molar-refractivity contribution in [3.05, 3.63) is 40.6 Å². The summed E-state index contributed by atoms with van der Waals surface area (Å²) in [4.78, 5) is 0. The van der Waals surface area contributed by atoms with Gasteiger partial charge in [0.2, 0.25) is 0 Å². The molecule has 0 fully saturated rings. The van der Waals surface area contributed by atoms with E-state index < -0.39 is 0 Å². The van der Waals surface area contributed by atoms with Crippen LogP contribution in [0.4, 0.5) is 0 Å². The minimum absolute atomic E-state index is 0.807. The van der Waals surface area contributed by atoms with Crippen LogP contribution < -0.4 is 4.74 Å². The third-order valence-corrected chi connectivity index (χ3v) is 2.60. The van der Waals surface area contributed by atoms with E-state index in [0.29, 0.717) is 0 Å². The number of nitrogens with zero attached hydrogens (tertiary/aromatic N) is 2. The summed E-state index contributed by atoms with van der Waals surface area (Å²) >= 11 is 3.43. The van der Waals surface area contributed by atoms with Crippen molar-refractivity contribution in [2.45, 2.75) is 6.92 Å². The van der Waals surface area contributed by atoms with Crippen molar-refractivity contribution in [1.29, 1.82) is 0 Å². The zero-order chi connectivity index (χ0) is 10.8. The van der Waals surface area contributed by atoms with Crippen LogP contribution in [0.3, 0.4) is 0 Å². The number of methoxy groups -OCH3 is 1. The molecule has 0 radical (unpaired) electrons. The number of aryl methyl sites for hydroxylation is 1. The van der Waals surface area contributed by atoms with Crippen LogP contribution in [-0.4, -0.2) is 16.9 Å². The van der Waals surface area contributed by atoms with E-state index in [-0.39, 0.29) is 0 Å². The summed E-state index contributed by atoms with van der Waals surface area (Å²) in [6.07, 6.45) is 1.92. The Morgan fingerprint density at radius 1 is 1.33 bits per heavy atom. The second-order valence-corrected chi connectivity index (χ2v) is 4.13. The molecule has 0 aliphatic heterocycles. The molecule has 4 heteroatoms. The highest BCUT2D eigenvalue weighted by molar-refractivity contribution is 9.10. The molecule has 1 aromatic heterocycles. The van der Waals surface area contributed by atoms with Gasteiger partial charge in [-0.05, 0) is 31.2 Å². The van der Waals surface area contributed by atoms with Crippen molar-refractivity contribution in [3.8, 4) is 11.4 Å². The van der Waals surface area contributed by atoms with Gasteiger partial charge in [0, 0.05) is 10.7 Å². The maximum atomic E-state index is 5.28. The van der Waals surface area contributed by atoms with Crippen molar-refractivity contribution in [1.82, 2.24) is 9.78 Å². The molecule has 1 heterocycles. The normalized spacial score (nSPS) is 10.3. The quantitative estimate of drug-likeness (QED) is 0.836. The van der Waals surface area contributed by atoms with E-state index in [1.54, 1.807) is 11.8 Å². The summed E-state index contributed by atoms with van der Waals surface area (Å²) in [6.45, 7) is 1.96. The molecular formula is C11H11BrN2O. The second-order valence-electron chi connectivity index (χ2n) is 3.22. The molecule has 0 aliphatic carbocycles. The number of hydrogen-bond donors (Lipinski definition) is 0. The molecule has 0 aliphatic rings. The molecular weight excluding hydrogens is 256 g/mol. The van der Waals surface area contributed by atoms with E-state index in [0.717, 1.165) is 21.6 Å². The van der Waals surface area contributed by atoms with Gasteiger partial charge in [-0.25, -0.2) is 4.68 Å². The predicted molar refractivity (Wildman–Crippen MR) is 62.6 cm³/mol. The Kier molecular flexibility index (Phi) is 2.77. The van der Waals surface area contributed by atoms with E-state index >= 15 is 0 Å². The lowest BCUT2D eigenvalue weighted by Crippen LogP contribution is -1.98. The minimum Gasteiger partial charge on any atom is -0.494 e. The van der Waals surface area contributed by atoms with Gasteiger partial charge in [-0.15, -0.1) is 0 Å². The van der Waals surface area contributed by atoms with Gasteiger partial charge in [0.05, 0.1) is 12.8 Å². The monoisotopic (exact) mass is 266 g/mol. The van der Waals surface area contributed by atoms with Crippen molar-refractivity contribution < 1.29 is 4.74 Å². The van der Waals surface area contributed by atoms with Gasteiger partial charge in [-0.3, -0.25) is 0 Å². The second kappa shape index (κ2) is 4.06. The first-order valence-electron chi connectivity index (χ1n) is 4.57. The Morgan fingerprint density at radius 3 is 2.73 bits per heavy atom. The Morgan fingerprint density at radius 2 is 2.13 bits per heavy atom. The lowest BCUT2D eigenvalue weighted by Gasteiger charge is -2.08. The Bertz CT molecular complexity index is 479. The zero-order valence-corrected chi connectivity index (χ0v) is 10.2. The van der Waals surface area contributed by atoms with Crippen LogP contribution in [-0.2, 0) is 0 Å². The van der Waals surface area contributed by atoms with Gasteiger partial charge < -0.3 is 4.74 Å². The lowest BCUT2D eigenvalue weighted by atomic mass is 10.3. The predicted octanol–water partition coefficient (Wildman–Crippen LogP) is 2.95. The smallest absolute Gasteiger partial charge is 0.144 e. The highest BCUT2D eigenvalue weighted by Gasteiger charge is 2.06. The summed E-state index contributed by atoms with van der Waals surface area (Å²) in [5.41, 5.74) is 1.91. The molecule has 15 heavy (non-hydrogen) atoms. The van der Waals surface area contributed by atoms with E-state index in [9.17, 15) is 0 Å². The van der Waals surface area contributed by atoms with E-state index in [2.05, 4.69) is 21.0 Å². The zero-order valence-electron chi connectivity index (χ0n) is 8.57. The van der Waals surface area contributed by atoms with Crippen LogP contribution in [0.1, 0.15) is 5.69 Å². The van der Waals surface area contributed by atoms with Crippen LogP contribution in [0.15, 0.2) is 34.9 Å². The molecule has 0 spiro atoms. The summed E-state index contributed by atoms with van der Waals surface area (Å²) in [7, 11) is 1.66. The summed E-state index contributed by atoms with van der Waals surface area (Å²) in [6, 6.07) is 7.79. The number of ether oxygens (including phenoxy) is 1. The molecule has 0 atom stereocenters. The fraction of sp³-hybridized carbons (Fsp3) is 0.182. The number of rotatable bonds is 2. The Labute approximate surface area is 96.8 Å². The third kappa shape index (κ3) is 2.04. The molecule has 0 unspecified atom stereocenters. The minimum atomic E-state index is 0.807. The fourth-order valence-electron chi connectivity index (χ4n) is 1.39. The van der Waals surface area contributed by atoms with Crippen LogP contribution in [0.2, 0.25) is 0 Å². The van der Waals surface area contributed by atoms with Gasteiger partial charge in [-0.2, -0.15) is 5.10 Å². The molecule has 2 aromatic rings. The first kappa shape index (κ1) is 10.2. The van der Waals surface area contributed by atoms with Gasteiger partial charge in [0.25, 0.3) is 0 Å². The van der Waals surface area contributed by atoms with Crippen molar-refractivity contribution >= 4 is 15.9 Å². The summed E-state index contributed by atoms with van der Waals surface area (Å²) in [5, 5.41) is 4.35. The van der Waals surface area contributed by atoms with Gasteiger partial charge >= 0.3 is 0 Å². The van der Waals surface area contributed by atoms with Crippen LogP contribution >= 0.6 is 15.9 Å². The van der Waals surface area contributed by atoms with Crippen molar-refractivity contribution in [3.63, 3.8) is 0 Å². The Balaban J connectivity index is 2.55. The van der Waals surface area contributed by atoms with Crippen LogP contribution in [0, 0.1) is 6.92 Å². The summed E-state index contributed by atoms with van der Waals surface area (Å²) in [5.74, 6) is 0.807. The molecule has 0 bridgehead atoms. The molecule has 0 saturated heterocycles. The lowest BCUT2D eigenvalue weighted by molar-refractivity contribution is 0.411.